The molecule has 4 fully saturated rings. The van der Waals surface area contributed by atoms with Gasteiger partial charge in [-0.3, -0.25) is 0 Å². The molecule has 4 saturated carbocycles. The van der Waals surface area contributed by atoms with Gasteiger partial charge in [-0.2, -0.15) is 0 Å². The van der Waals surface area contributed by atoms with Gasteiger partial charge in [-0.05, 0) is 117 Å². The van der Waals surface area contributed by atoms with Gasteiger partial charge in [-0.15, -0.1) is 0 Å². The molecule has 1 N–H and O–H groups in total. The number of carbonyl (C=O) groups excluding carboxylic acids is 1. The number of carbonyl (C=O) groups is 1. The van der Waals surface area contributed by atoms with Gasteiger partial charge >= 0.3 is 0 Å². The van der Waals surface area contributed by atoms with Gasteiger partial charge in [-0.1, -0.05) is 20.8 Å². The van der Waals surface area contributed by atoms with E-state index in [9.17, 15) is 9.90 Å². The van der Waals surface area contributed by atoms with Gasteiger partial charge in [0, 0.05) is 14.6 Å². The van der Waals surface area contributed by atoms with E-state index in [2.05, 4.69) is 13.8 Å². The molecule has 2 heteroatoms. The first-order valence-corrected chi connectivity index (χ1v) is 11.1. The average molecular weight is 382 g/mol. The fourth-order valence-electron chi connectivity index (χ4n) is 7.86. The van der Waals surface area contributed by atoms with E-state index >= 15 is 0 Å². The summed E-state index contributed by atoms with van der Waals surface area (Å²) in [6.45, 7) is 7.76. The molecule has 0 unspecified atom stereocenters. The van der Waals surface area contributed by atoms with Crippen molar-refractivity contribution >= 4 is 5.78 Å². The van der Waals surface area contributed by atoms with Crippen molar-refractivity contribution in [3.8, 4) is 0 Å². The number of ketones is 1. The summed E-state index contributed by atoms with van der Waals surface area (Å²) in [5.74, 6) is 0.400. The summed E-state index contributed by atoms with van der Waals surface area (Å²) < 4.78 is 58.8. The highest BCUT2D eigenvalue weighted by Crippen LogP contribution is 2.68. The van der Waals surface area contributed by atoms with Crippen LogP contribution in [0.3, 0.4) is 0 Å². The summed E-state index contributed by atoms with van der Waals surface area (Å²) in [7, 11) is 0. The molecule has 2 nitrogen and oxygen atoms in total. The van der Waals surface area contributed by atoms with E-state index in [1.54, 1.807) is 0 Å². The lowest BCUT2D eigenvalue weighted by atomic mass is 9.44. The molecule has 0 aromatic carbocycles. The van der Waals surface area contributed by atoms with Gasteiger partial charge in [0.05, 0.1) is 7.45 Å². The number of hydrogen-bond acceptors (Lipinski definition) is 2. The van der Waals surface area contributed by atoms with Crippen LogP contribution in [-0.2, 0) is 4.79 Å². The quantitative estimate of drug-likeness (QED) is 0.647. The van der Waals surface area contributed by atoms with Crippen LogP contribution in [0, 0.1) is 46.3 Å². The number of fused-ring (bicyclic) bond motifs is 5. The Morgan fingerprint density at radius 3 is 2.67 bits per heavy atom. The van der Waals surface area contributed by atoms with Crippen molar-refractivity contribution in [3.63, 3.8) is 0 Å². The van der Waals surface area contributed by atoms with Gasteiger partial charge in [0.1, 0.15) is 5.78 Å². The molecule has 27 heavy (non-hydrogen) atoms. The predicted molar refractivity (Wildman–Crippen MR) is 110 cm³/mol. The Hall–Kier alpha value is -0.370. The highest BCUT2D eigenvalue weighted by Gasteiger charge is 2.60. The first-order chi connectivity index (χ1) is 15.3. The van der Waals surface area contributed by atoms with Crippen LogP contribution in [0.15, 0.2) is 0 Å². The van der Waals surface area contributed by atoms with Crippen molar-refractivity contribution in [3.05, 3.63) is 0 Å². The van der Waals surface area contributed by atoms with Crippen LogP contribution in [-0.4, -0.2) is 17.0 Å². The zero-order valence-electron chi connectivity index (χ0n) is 24.5. The molecule has 0 amide bonds. The third kappa shape index (κ3) is 3.22. The molecule has 4 aliphatic rings. The standard InChI is InChI=1S/C25H42O2/c1-16(5-6-17(2)26)21-9-10-22-20-8-7-18-15-19(27)11-13-24(18,3)23(20)12-14-25(21,22)4/h16,18-23,27H,5-15H2,1-4H3/t16-,18+,19+,20+,21-,22+,23+,24+,25-/m1/s1/i6D2,11D2,15D2,19D. The van der Waals surface area contributed by atoms with Crippen molar-refractivity contribution in [2.24, 2.45) is 46.3 Å². The van der Waals surface area contributed by atoms with Crippen LogP contribution < -0.4 is 0 Å². The molecule has 9 atom stereocenters. The highest BCUT2D eigenvalue weighted by atomic mass is 16.3. The minimum Gasteiger partial charge on any atom is -0.393 e. The van der Waals surface area contributed by atoms with Crippen molar-refractivity contribution in [2.45, 2.75) is 104 Å². The summed E-state index contributed by atoms with van der Waals surface area (Å²) >= 11 is 0. The van der Waals surface area contributed by atoms with Gasteiger partial charge in [0.15, 0.2) is 0 Å². The maximum absolute atomic E-state index is 11.8. The fourth-order valence-corrected chi connectivity index (χ4v) is 7.86. The van der Waals surface area contributed by atoms with Crippen LogP contribution in [0.2, 0.25) is 0 Å². The molecule has 4 rings (SSSR count). The van der Waals surface area contributed by atoms with E-state index in [0.29, 0.717) is 24.2 Å². The largest absolute Gasteiger partial charge is 0.393 e. The van der Waals surface area contributed by atoms with Crippen LogP contribution in [0.25, 0.3) is 0 Å². The molecule has 0 radical (unpaired) electrons. The van der Waals surface area contributed by atoms with Crippen molar-refractivity contribution in [1.29, 1.82) is 0 Å². The van der Waals surface area contributed by atoms with Crippen molar-refractivity contribution in [1.82, 2.24) is 0 Å². The third-order valence-corrected chi connectivity index (χ3v) is 9.25. The predicted octanol–water partition coefficient (Wildman–Crippen LogP) is 6.01. The highest BCUT2D eigenvalue weighted by molar-refractivity contribution is 5.75. The third-order valence-electron chi connectivity index (χ3n) is 9.25. The fraction of sp³-hybridized carbons (Fsp3) is 0.960. The zero-order valence-corrected chi connectivity index (χ0v) is 17.5. The Balaban J connectivity index is 1.61. The molecule has 0 aromatic heterocycles. The van der Waals surface area contributed by atoms with E-state index in [1.807, 2.05) is 6.92 Å². The Kier molecular flexibility index (Phi) is 3.45. The van der Waals surface area contributed by atoms with Crippen LogP contribution in [0.4, 0.5) is 0 Å². The van der Waals surface area contributed by atoms with Crippen LogP contribution >= 0.6 is 0 Å². The van der Waals surface area contributed by atoms with Crippen molar-refractivity contribution < 1.29 is 19.5 Å². The molecule has 0 heterocycles. The first kappa shape index (κ1) is 13.0. The van der Waals surface area contributed by atoms with Gasteiger partial charge in [-0.25, -0.2) is 0 Å². The summed E-state index contributed by atoms with van der Waals surface area (Å²) in [6.07, 6.45) is -3.71. The molecule has 154 valence electrons. The number of Topliss-reactive ketones (excluding diaryl/α,β-unsaturated/α-hetero) is 1. The summed E-state index contributed by atoms with van der Waals surface area (Å²) in [5.41, 5.74) is -0.570. The van der Waals surface area contributed by atoms with Gasteiger partial charge in [0.25, 0.3) is 0 Å². The van der Waals surface area contributed by atoms with E-state index in [-0.39, 0.29) is 30.1 Å². The summed E-state index contributed by atoms with van der Waals surface area (Å²) in [6, 6.07) is 0. The topological polar surface area (TPSA) is 37.3 Å². The number of rotatable bonds is 4. The van der Waals surface area contributed by atoms with Gasteiger partial charge < -0.3 is 9.90 Å². The minimum atomic E-state index is -2.76. The first-order valence-electron chi connectivity index (χ1n) is 14.6. The molecule has 0 bridgehead atoms. The lowest BCUT2D eigenvalue weighted by molar-refractivity contribution is -0.129. The van der Waals surface area contributed by atoms with Crippen LogP contribution in [0.1, 0.15) is 108 Å². The summed E-state index contributed by atoms with van der Waals surface area (Å²) in [4.78, 5) is 11.8. The smallest absolute Gasteiger partial charge is 0.129 e. The Morgan fingerprint density at radius 2 is 1.93 bits per heavy atom. The molecular weight excluding hydrogens is 332 g/mol. The molecule has 0 aliphatic heterocycles. The monoisotopic (exact) mass is 381 g/mol. The zero-order chi connectivity index (χ0) is 25.7. The SMILES string of the molecule is [2H]C([2H])(C[C@@H](C)[C@H]1CC[C@H]2[C@@H]3CC[C@H]4C([2H])([2H])[C@@]([2H])(O)C([2H])([2H])C[C@]4(C)[C@H]3CC[C@]12C)C(C)=O. The molecule has 4 aliphatic carbocycles. The van der Waals surface area contributed by atoms with Gasteiger partial charge in [0.2, 0.25) is 0 Å². The normalized spacial score (nSPS) is 61.2. The summed E-state index contributed by atoms with van der Waals surface area (Å²) in [5, 5.41) is 10.7. The lowest BCUT2D eigenvalue weighted by Gasteiger charge is -2.61. The van der Waals surface area contributed by atoms with E-state index in [0.717, 1.165) is 32.1 Å². The van der Waals surface area contributed by atoms with E-state index < -0.39 is 42.3 Å². The maximum Gasteiger partial charge on any atom is 0.129 e. The molecule has 0 aromatic rings. The Bertz CT molecular complexity index is 843. The second-order valence-corrected chi connectivity index (χ2v) is 10.5. The van der Waals surface area contributed by atoms with E-state index in [1.165, 1.54) is 6.92 Å². The molecule has 0 spiro atoms. The Morgan fingerprint density at radius 1 is 1.19 bits per heavy atom. The van der Waals surface area contributed by atoms with E-state index in [4.69, 9.17) is 9.60 Å². The second kappa shape index (κ2) is 7.15. The maximum atomic E-state index is 11.8. The van der Waals surface area contributed by atoms with Crippen molar-refractivity contribution in [2.75, 3.05) is 0 Å². The Labute approximate surface area is 176 Å². The molecular formula is C25H42O2. The molecule has 0 saturated heterocycles. The minimum absolute atomic E-state index is 0.00737. The lowest BCUT2D eigenvalue weighted by Crippen LogP contribution is -2.54. The number of aliphatic hydroxyl groups is 1. The number of hydrogen-bond donors (Lipinski definition) is 1. The average Bonchev–Trinajstić information content (AvgIpc) is 3.03. The van der Waals surface area contributed by atoms with Crippen LogP contribution in [0.5, 0.6) is 0 Å². The second-order valence-electron chi connectivity index (χ2n) is 10.5.